The Hall–Kier alpha value is -1.92. The Morgan fingerprint density at radius 3 is 2.34 bits per heavy atom. The van der Waals surface area contributed by atoms with E-state index in [4.69, 9.17) is 11.6 Å². The number of carbonyl (C=O) groups excluding carboxylic acids is 1. The maximum atomic E-state index is 13.3. The molecule has 7 nitrogen and oxygen atoms in total. The molecular formula is C19H20ClF3N4O3S2. The minimum atomic E-state index is -4.52. The summed E-state index contributed by atoms with van der Waals surface area (Å²) in [5.74, 6) is -0.328. The van der Waals surface area contributed by atoms with Crippen LogP contribution in [0.4, 0.5) is 19.1 Å². The summed E-state index contributed by atoms with van der Waals surface area (Å²) < 4.78 is 62.5. The quantitative estimate of drug-likeness (QED) is 0.631. The van der Waals surface area contributed by atoms with Gasteiger partial charge in [0, 0.05) is 42.8 Å². The largest absolute Gasteiger partial charge is 0.419 e. The monoisotopic (exact) mass is 508 g/mol. The predicted molar refractivity (Wildman–Crippen MR) is 114 cm³/mol. The standard InChI is InChI=1S/C19H20ClF3N4O3S2/c20-16-2-1-15(31-16)14-11-26(18-24-9-13(10-25-18)19(21,22)23)5-6-27(14)17(28)12-3-7-32(29,30)8-4-12/h1-2,9-10,12,14H,3-8,11H2/t14-/m1/s1. The highest BCUT2D eigenvalue weighted by Crippen LogP contribution is 2.36. The summed E-state index contributed by atoms with van der Waals surface area (Å²) in [6, 6.07) is 3.16. The number of sulfone groups is 1. The lowest BCUT2D eigenvalue weighted by Crippen LogP contribution is -2.53. The molecule has 2 fully saturated rings. The van der Waals surface area contributed by atoms with Crippen LogP contribution in [0.2, 0.25) is 4.34 Å². The first-order valence-corrected chi connectivity index (χ1v) is 13.0. The van der Waals surface area contributed by atoms with E-state index in [1.54, 1.807) is 15.9 Å². The number of halogens is 4. The third-order valence-corrected chi connectivity index (χ3v) is 8.79. The van der Waals surface area contributed by atoms with Crippen molar-refractivity contribution in [3.05, 3.63) is 39.3 Å². The SMILES string of the molecule is O=C(C1CCS(=O)(=O)CC1)N1CCN(c2ncc(C(F)(F)F)cn2)C[C@@H]1c1ccc(Cl)s1. The van der Waals surface area contributed by atoms with Crippen molar-refractivity contribution in [3.63, 3.8) is 0 Å². The predicted octanol–water partition coefficient (Wildman–Crippen LogP) is 3.43. The lowest BCUT2D eigenvalue weighted by molar-refractivity contribution is -0.139. The highest BCUT2D eigenvalue weighted by Gasteiger charge is 2.39. The Morgan fingerprint density at radius 2 is 1.78 bits per heavy atom. The van der Waals surface area contributed by atoms with E-state index in [9.17, 15) is 26.4 Å². The van der Waals surface area contributed by atoms with Gasteiger partial charge in [-0.15, -0.1) is 11.3 Å². The second-order valence-electron chi connectivity index (χ2n) is 7.83. The number of thiophene rings is 1. The van der Waals surface area contributed by atoms with Crippen molar-refractivity contribution in [2.45, 2.75) is 25.1 Å². The van der Waals surface area contributed by atoms with Crippen LogP contribution < -0.4 is 4.90 Å². The molecule has 4 rings (SSSR count). The van der Waals surface area contributed by atoms with Crippen LogP contribution in [0.3, 0.4) is 0 Å². The van der Waals surface area contributed by atoms with Crippen molar-refractivity contribution in [2.24, 2.45) is 5.92 Å². The van der Waals surface area contributed by atoms with Crippen molar-refractivity contribution in [2.75, 3.05) is 36.0 Å². The number of alkyl halides is 3. The van der Waals surface area contributed by atoms with Crippen molar-refractivity contribution in [3.8, 4) is 0 Å². The van der Waals surface area contributed by atoms with Crippen LogP contribution in [0, 0.1) is 5.92 Å². The van der Waals surface area contributed by atoms with Crippen molar-refractivity contribution in [1.29, 1.82) is 0 Å². The molecule has 2 aliphatic heterocycles. The molecule has 0 spiro atoms. The molecule has 2 saturated heterocycles. The van der Waals surface area contributed by atoms with Crippen LogP contribution in [-0.2, 0) is 20.8 Å². The van der Waals surface area contributed by atoms with E-state index in [0.717, 1.165) is 17.3 Å². The van der Waals surface area contributed by atoms with Gasteiger partial charge in [-0.05, 0) is 25.0 Å². The number of nitrogens with zero attached hydrogens (tertiary/aromatic N) is 4. The first kappa shape index (κ1) is 23.2. The molecule has 0 unspecified atom stereocenters. The topological polar surface area (TPSA) is 83.5 Å². The Kier molecular flexibility index (Phi) is 6.38. The maximum Gasteiger partial charge on any atom is 0.419 e. The fraction of sp³-hybridized carbons (Fsp3) is 0.526. The molecule has 1 amide bonds. The van der Waals surface area contributed by atoms with Gasteiger partial charge in [0.05, 0.1) is 27.4 Å². The molecule has 0 aliphatic carbocycles. The molecule has 2 aliphatic rings. The van der Waals surface area contributed by atoms with E-state index < -0.39 is 27.6 Å². The number of hydrogen-bond donors (Lipinski definition) is 0. The zero-order valence-corrected chi connectivity index (χ0v) is 19.1. The summed E-state index contributed by atoms with van der Waals surface area (Å²) in [5, 5.41) is 0. The van der Waals surface area contributed by atoms with Gasteiger partial charge >= 0.3 is 6.18 Å². The number of anilines is 1. The van der Waals surface area contributed by atoms with Gasteiger partial charge in [-0.3, -0.25) is 4.79 Å². The van der Waals surface area contributed by atoms with Crippen molar-refractivity contribution >= 4 is 44.6 Å². The Morgan fingerprint density at radius 1 is 1.12 bits per heavy atom. The third kappa shape index (κ3) is 5.01. The molecule has 0 radical (unpaired) electrons. The highest BCUT2D eigenvalue weighted by atomic mass is 35.5. The zero-order valence-electron chi connectivity index (χ0n) is 16.8. The molecule has 2 aromatic heterocycles. The molecule has 32 heavy (non-hydrogen) atoms. The van der Waals surface area contributed by atoms with Gasteiger partial charge in [-0.25, -0.2) is 18.4 Å². The molecule has 0 aromatic carbocycles. The van der Waals surface area contributed by atoms with Crippen LogP contribution in [0.1, 0.15) is 29.3 Å². The fourth-order valence-corrected chi connectivity index (χ4v) is 6.64. The molecule has 0 N–H and O–H groups in total. The van der Waals surface area contributed by atoms with Gasteiger partial charge < -0.3 is 9.80 Å². The summed E-state index contributed by atoms with van der Waals surface area (Å²) in [7, 11) is -3.09. The van der Waals surface area contributed by atoms with E-state index in [2.05, 4.69) is 9.97 Å². The zero-order chi connectivity index (χ0) is 23.1. The molecule has 0 saturated carbocycles. The van der Waals surface area contributed by atoms with E-state index in [1.807, 2.05) is 6.07 Å². The Labute approximate surface area is 192 Å². The fourth-order valence-electron chi connectivity index (χ4n) is 3.98. The number of carbonyl (C=O) groups is 1. The second kappa shape index (κ2) is 8.79. The Bertz CT molecular complexity index is 1080. The summed E-state index contributed by atoms with van der Waals surface area (Å²) in [6.45, 7) is 0.948. The lowest BCUT2D eigenvalue weighted by Gasteiger charge is -2.42. The number of aromatic nitrogens is 2. The lowest BCUT2D eigenvalue weighted by atomic mass is 9.98. The van der Waals surface area contributed by atoms with Gasteiger partial charge in [0.2, 0.25) is 11.9 Å². The molecule has 13 heteroatoms. The van der Waals surface area contributed by atoms with E-state index in [1.165, 1.54) is 11.3 Å². The first-order chi connectivity index (χ1) is 15.0. The van der Waals surface area contributed by atoms with Crippen LogP contribution in [0.25, 0.3) is 0 Å². The summed E-state index contributed by atoms with van der Waals surface area (Å²) in [5.41, 5.74) is -0.927. The van der Waals surface area contributed by atoms with Crippen LogP contribution in [0.15, 0.2) is 24.5 Å². The first-order valence-electron chi connectivity index (χ1n) is 9.94. The molecule has 2 aromatic rings. The number of rotatable bonds is 3. The average molecular weight is 509 g/mol. The van der Waals surface area contributed by atoms with Crippen LogP contribution in [-0.4, -0.2) is 60.3 Å². The summed E-state index contributed by atoms with van der Waals surface area (Å²) in [6.07, 6.45) is -2.44. The number of amides is 1. The van der Waals surface area contributed by atoms with Crippen molar-refractivity contribution < 1.29 is 26.4 Å². The average Bonchev–Trinajstić information content (AvgIpc) is 3.18. The van der Waals surface area contributed by atoms with Crippen LogP contribution >= 0.6 is 22.9 Å². The van der Waals surface area contributed by atoms with E-state index in [0.29, 0.717) is 36.8 Å². The minimum Gasteiger partial charge on any atom is -0.337 e. The molecule has 1 atom stereocenters. The minimum absolute atomic E-state index is 0.00172. The van der Waals surface area contributed by atoms with Crippen molar-refractivity contribution in [1.82, 2.24) is 14.9 Å². The van der Waals surface area contributed by atoms with Gasteiger partial charge in [-0.1, -0.05) is 11.6 Å². The highest BCUT2D eigenvalue weighted by molar-refractivity contribution is 7.91. The third-order valence-electron chi connectivity index (χ3n) is 5.74. The van der Waals surface area contributed by atoms with Crippen LogP contribution in [0.5, 0.6) is 0 Å². The van der Waals surface area contributed by atoms with E-state index >= 15 is 0 Å². The molecule has 174 valence electrons. The van der Waals surface area contributed by atoms with Gasteiger partial charge in [0.1, 0.15) is 9.84 Å². The smallest absolute Gasteiger partial charge is 0.337 e. The van der Waals surface area contributed by atoms with E-state index in [-0.39, 0.29) is 29.3 Å². The number of piperazine rings is 1. The second-order valence-corrected chi connectivity index (χ2v) is 11.9. The van der Waals surface area contributed by atoms with Gasteiger partial charge in [0.25, 0.3) is 0 Å². The van der Waals surface area contributed by atoms with Gasteiger partial charge in [-0.2, -0.15) is 13.2 Å². The number of hydrogen-bond acceptors (Lipinski definition) is 7. The summed E-state index contributed by atoms with van der Waals surface area (Å²) >= 11 is 7.43. The molecule has 0 bridgehead atoms. The molecular weight excluding hydrogens is 489 g/mol. The normalized spacial score (nSPS) is 22.2. The molecule has 4 heterocycles. The summed E-state index contributed by atoms with van der Waals surface area (Å²) in [4.78, 5) is 25.3. The Balaban J connectivity index is 1.55. The van der Waals surface area contributed by atoms with Gasteiger partial charge in [0.15, 0.2) is 0 Å². The maximum absolute atomic E-state index is 13.3.